The van der Waals surface area contributed by atoms with Gasteiger partial charge in [0.15, 0.2) is 0 Å². The van der Waals surface area contributed by atoms with Gasteiger partial charge in [-0.15, -0.1) is 0 Å². The summed E-state index contributed by atoms with van der Waals surface area (Å²) in [6.45, 7) is 3.97. The Hall–Kier alpha value is -3.11. The molecule has 2 unspecified atom stereocenters. The number of benzene rings is 3. The average Bonchev–Trinajstić information content (AvgIpc) is 3.08. The van der Waals surface area contributed by atoms with Crippen molar-refractivity contribution in [3.8, 4) is 5.75 Å². The van der Waals surface area contributed by atoms with E-state index in [-0.39, 0.29) is 6.09 Å². The van der Waals surface area contributed by atoms with Gasteiger partial charge in [-0.25, -0.2) is 4.79 Å². The first-order valence-electron chi connectivity index (χ1n) is 12.1. The Kier molecular flexibility index (Phi) is 6.73. The van der Waals surface area contributed by atoms with E-state index in [1.807, 2.05) is 30.3 Å². The van der Waals surface area contributed by atoms with Crippen LogP contribution in [0.2, 0.25) is 0 Å². The zero-order valence-corrected chi connectivity index (χ0v) is 19.0. The van der Waals surface area contributed by atoms with E-state index in [2.05, 4.69) is 64.8 Å². The monoisotopic (exact) mass is 440 g/mol. The minimum Gasteiger partial charge on any atom is -0.410 e. The molecule has 2 atom stereocenters. The third-order valence-electron chi connectivity index (χ3n) is 7.22. The van der Waals surface area contributed by atoms with Gasteiger partial charge in [0.1, 0.15) is 5.75 Å². The summed E-state index contributed by atoms with van der Waals surface area (Å²) < 4.78 is 5.54. The fourth-order valence-electron chi connectivity index (χ4n) is 5.59. The molecule has 2 aliphatic rings. The number of piperidine rings is 1. The van der Waals surface area contributed by atoms with Crippen molar-refractivity contribution in [1.82, 2.24) is 10.2 Å². The molecule has 1 amide bonds. The van der Waals surface area contributed by atoms with Gasteiger partial charge in [-0.3, -0.25) is 4.90 Å². The van der Waals surface area contributed by atoms with Crippen LogP contribution in [0.5, 0.6) is 5.75 Å². The van der Waals surface area contributed by atoms with Crippen LogP contribution in [-0.2, 0) is 13.0 Å². The van der Waals surface area contributed by atoms with Crippen molar-refractivity contribution < 1.29 is 9.53 Å². The van der Waals surface area contributed by atoms with Crippen molar-refractivity contribution in [2.75, 3.05) is 19.6 Å². The Morgan fingerprint density at radius 2 is 1.36 bits per heavy atom. The average molecular weight is 441 g/mol. The first kappa shape index (κ1) is 21.7. The SMILES string of the molecule is O=C(NCC1C2CCC1CN(Cc1ccccc1)C2)Oc1ccc(Cc2ccccc2)cc1. The maximum Gasteiger partial charge on any atom is 0.412 e. The second kappa shape index (κ2) is 10.2. The van der Waals surface area contributed by atoms with Gasteiger partial charge in [0.05, 0.1) is 0 Å². The third kappa shape index (κ3) is 5.63. The molecule has 33 heavy (non-hydrogen) atoms. The van der Waals surface area contributed by atoms with Crippen LogP contribution in [0.4, 0.5) is 4.79 Å². The van der Waals surface area contributed by atoms with E-state index in [1.165, 1.54) is 29.5 Å². The summed E-state index contributed by atoms with van der Waals surface area (Å²) >= 11 is 0. The molecule has 1 N–H and O–H groups in total. The predicted octanol–water partition coefficient (Wildman–Crippen LogP) is 5.52. The molecule has 5 rings (SSSR count). The van der Waals surface area contributed by atoms with E-state index >= 15 is 0 Å². The number of hydrogen-bond acceptors (Lipinski definition) is 3. The van der Waals surface area contributed by atoms with Crippen molar-refractivity contribution in [1.29, 1.82) is 0 Å². The smallest absolute Gasteiger partial charge is 0.410 e. The molecule has 3 aromatic carbocycles. The van der Waals surface area contributed by atoms with Gasteiger partial charge in [-0.2, -0.15) is 0 Å². The number of rotatable bonds is 7. The lowest BCUT2D eigenvalue weighted by Crippen LogP contribution is -2.46. The lowest BCUT2D eigenvalue weighted by atomic mass is 9.85. The zero-order valence-electron chi connectivity index (χ0n) is 19.0. The largest absolute Gasteiger partial charge is 0.412 e. The van der Waals surface area contributed by atoms with Crippen LogP contribution in [-0.4, -0.2) is 30.6 Å². The normalized spacial score (nSPS) is 22.1. The van der Waals surface area contributed by atoms with Crippen LogP contribution >= 0.6 is 0 Å². The summed E-state index contributed by atoms with van der Waals surface area (Å²) in [6, 6.07) is 28.9. The summed E-state index contributed by atoms with van der Waals surface area (Å²) in [7, 11) is 0. The Labute approximate surface area is 196 Å². The highest BCUT2D eigenvalue weighted by Crippen LogP contribution is 2.41. The van der Waals surface area contributed by atoms with E-state index < -0.39 is 0 Å². The quantitative estimate of drug-likeness (QED) is 0.526. The molecule has 1 saturated heterocycles. The number of ether oxygens (including phenoxy) is 1. The summed E-state index contributed by atoms with van der Waals surface area (Å²) in [5.74, 6) is 2.46. The molecule has 0 aromatic heterocycles. The number of carbonyl (C=O) groups is 1. The fraction of sp³-hybridized carbons (Fsp3) is 0.345. The lowest BCUT2D eigenvalue weighted by molar-refractivity contribution is 0.102. The van der Waals surface area contributed by atoms with Gasteiger partial charge in [-0.1, -0.05) is 72.8 Å². The molecule has 1 aliphatic carbocycles. The number of fused-ring (bicyclic) bond motifs is 2. The number of hydrogen-bond donors (Lipinski definition) is 1. The molecule has 2 fully saturated rings. The van der Waals surface area contributed by atoms with Crippen molar-refractivity contribution in [3.63, 3.8) is 0 Å². The van der Waals surface area contributed by atoms with Crippen LogP contribution < -0.4 is 10.1 Å². The maximum absolute atomic E-state index is 12.4. The molecule has 1 aliphatic heterocycles. The summed E-state index contributed by atoms with van der Waals surface area (Å²) in [4.78, 5) is 15.0. The maximum atomic E-state index is 12.4. The molecule has 1 heterocycles. The predicted molar refractivity (Wildman–Crippen MR) is 131 cm³/mol. The zero-order chi connectivity index (χ0) is 22.5. The van der Waals surface area contributed by atoms with Crippen LogP contribution in [0, 0.1) is 17.8 Å². The standard InChI is InChI=1S/C29H32N2O2/c32-29(33-27-15-11-23(12-16-27)17-22-7-3-1-4-8-22)30-18-28-25-13-14-26(28)21-31(20-25)19-24-9-5-2-6-10-24/h1-12,15-16,25-26,28H,13-14,17-21H2,(H,30,32). The van der Waals surface area contributed by atoms with E-state index in [4.69, 9.17) is 4.74 Å². The van der Waals surface area contributed by atoms with E-state index in [0.717, 1.165) is 26.1 Å². The van der Waals surface area contributed by atoms with Crippen LogP contribution in [0.15, 0.2) is 84.9 Å². The van der Waals surface area contributed by atoms with Gasteiger partial charge in [0.2, 0.25) is 0 Å². The van der Waals surface area contributed by atoms with Crippen molar-refractivity contribution in [2.24, 2.45) is 17.8 Å². The van der Waals surface area contributed by atoms with Gasteiger partial charge in [-0.05, 0) is 65.8 Å². The summed E-state index contributed by atoms with van der Waals surface area (Å²) in [5.41, 5.74) is 3.85. The molecule has 0 spiro atoms. The number of nitrogens with zero attached hydrogens (tertiary/aromatic N) is 1. The van der Waals surface area contributed by atoms with Crippen LogP contribution in [0.25, 0.3) is 0 Å². The number of nitrogens with one attached hydrogen (secondary N) is 1. The minimum absolute atomic E-state index is 0.350. The first-order valence-corrected chi connectivity index (χ1v) is 12.1. The third-order valence-corrected chi connectivity index (χ3v) is 7.22. The molecular weight excluding hydrogens is 408 g/mol. The highest BCUT2D eigenvalue weighted by molar-refractivity contribution is 5.70. The lowest BCUT2D eigenvalue weighted by Gasteiger charge is -2.38. The van der Waals surface area contributed by atoms with E-state index in [0.29, 0.717) is 30.0 Å². The van der Waals surface area contributed by atoms with Crippen molar-refractivity contribution >= 4 is 6.09 Å². The molecule has 4 heteroatoms. The second-order valence-corrected chi connectivity index (χ2v) is 9.52. The van der Waals surface area contributed by atoms with E-state index in [9.17, 15) is 4.79 Å². The highest BCUT2D eigenvalue weighted by atomic mass is 16.6. The summed E-state index contributed by atoms with van der Waals surface area (Å²) in [6.07, 6.45) is 3.05. The Morgan fingerprint density at radius 1 is 0.788 bits per heavy atom. The second-order valence-electron chi connectivity index (χ2n) is 9.52. The minimum atomic E-state index is -0.350. The van der Waals surface area contributed by atoms with Crippen molar-refractivity contribution in [3.05, 3.63) is 102 Å². The number of likely N-dealkylation sites (tertiary alicyclic amines) is 1. The molecule has 0 radical (unpaired) electrons. The fourth-order valence-corrected chi connectivity index (χ4v) is 5.59. The first-order chi connectivity index (χ1) is 16.2. The number of carbonyl (C=O) groups excluding carboxylic acids is 1. The Morgan fingerprint density at radius 3 is 2.00 bits per heavy atom. The molecule has 1 saturated carbocycles. The molecular formula is C29H32N2O2. The molecule has 2 bridgehead atoms. The van der Waals surface area contributed by atoms with Gasteiger partial charge < -0.3 is 10.1 Å². The van der Waals surface area contributed by atoms with Gasteiger partial charge in [0, 0.05) is 26.2 Å². The Balaban J connectivity index is 1.08. The van der Waals surface area contributed by atoms with Crippen LogP contribution in [0.1, 0.15) is 29.5 Å². The highest BCUT2D eigenvalue weighted by Gasteiger charge is 2.41. The van der Waals surface area contributed by atoms with Gasteiger partial charge in [0.25, 0.3) is 0 Å². The van der Waals surface area contributed by atoms with E-state index in [1.54, 1.807) is 0 Å². The molecule has 3 aromatic rings. The summed E-state index contributed by atoms with van der Waals surface area (Å²) in [5, 5.41) is 3.04. The Bertz CT molecular complexity index is 1020. The van der Waals surface area contributed by atoms with Crippen molar-refractivity contribution in [2.45, 2.75) is 25.8 Å². The topological polar surface area (TPSA) is 41.6 Å². The van der Waals surface area contributed by atoms with Crippen LogP contribution in [0.3, 0.4) is 0 Å². The van der Waals surface area contributed by atoms with Gasteiger partial charge >= 0.3 is 6.09 Å². The molecule has 4 nitrogen and oxygen atoms in total. The number of amides is 1. The molecule has 170 valence electrons.